The number of hydrogen-bond donors (Lipinski definition) is 3. The van der Waals surface area contributed by atoms with Gasteiger partial charge in [-0.15, -0.1) is 0 Å². The third kappa shape index (κ3) is 1.48. The predicted octanol–water partition coefficient (Wildman–Crippen LogP) is 2.44. The van der Waals surface area contributed by atoms with Crippen LogP contribution in [-0.2, 0) is 11.8 Å². The van der Waals surface area contributed by atoms with Crippen LogP contribution in [0.1, 0.15) is 43.2 Å². The summed E-state index contributed by atoms with van der Waals surface area (Å²) >= 11 is 0. The zero-order chi connectivity index (χ0) is 13.0. The Bertz CT molecular complexity index is 524. The summed E-state index contributed by atoms with van der Waals surface area (Å²) in [6, 6.07) is 3.93. The summed E-state index contributed by atoms with van der Waals surface area (Å²) in [4.78, 5) is 0. The first kappa shape index (κ1) is 11.6. The van der Waals surface area contributed by atoms with Crippen molar-refractivity contribution in [2.24, 2.45) is 5.92 Å². The number of fused-ring (bicyclic) bond motifs is 1. The highest BCUT2D eigenvalue weighted by Gasteiger charge is 2.52. The molecule has 2 aliphatic carbocycles. The van der Waals surface area contributed by atoms with Crippen molar-refractivity contribution in [1.82, 2.24) is 5.32 Å². The van der Waals surface area contributed by atoms with E-state index < -0.39 is 0 Å². The third-order valence-corrected chi connectivity index (χ3v) is 5.73. The zero-order valence-corrected chi connectivity index (χ0v) is 11.2. The van der Waals surface area contributed by atoms with E-state index in [0.717, 1.165) is 24.9 Å². The molecule has 0 amide bonds. The second-order valence-corrected chi connectivity index (χ2v) is 6.51. The molecular formula is C16H21NO2. The average Bonchev–Trinajstić information content (AvgIpc) is 2.40. The lowest BCUT2D eigenvalue weighted by Crippen LogP contribution is -2.59. The first-order chi connectivity index (χ1) is 9.21. The van der Waals surface area contributed by atoms with Gasteiger partial charge in [-0.05, 0) is 55.3 Å². The van der Waals surface area contributed by atoms with Gasteiger partial charge < -0.3 is 15.5 Å². The van der Waals surface area contributed by atoms with E-state index >= 15 is 0 Å². The van der Waals surface area contributed by atoms with Crippen molar-refractivity contribution in [2.45, 2.75) is 50.0 Å². The number of phenols is 2. The number of rotatable bonds is 0. The fourth-order valence-electron chi connectivity index (χ4n) is 4.99. The topological polar surface area (TPSA) is 52.5 Å². The minimum Gasteiger partial charge on any atom is -0.508 e. The minimum absolute atomic E-state index is 0.206. The maximum absolute atomic E-state index is 10.2. The molecule has 1 aromatic rings. The zero-order valence-electron chi connectivity index (χ0n) is 11.2. The highest BCUT2D eigenvalue weighted by atomic mass is 16.3. The van der Waals surface area contributed by atoms with Gasteiger partial charge in [0.15, 0.2) is 0 Å². The SMILES string of the molecule is Oc1cc(O)c2c(c1)[C@@]13CCCC[C@H]1[C@@H](C2)NCC3. The van der Waals surface area contributed by atoms with Crippen LogP contribution in [0.25, 0.3) is 0 Å². The van der Waals surface area contributed by atoms with Crippen molar-refractivity contribution in [3.8, 4) is 11.5 Å². The van der Waals surface area contributed by atoms with Gasteiger partial charge in [0.05, 0.1) is 0 Å². The van der Waals surface area contributed by atoms with Crippen molar-refractivity contribution >= 4 is 0 Å². The van der Waals surface area contributed by atoms with Gasteiger partial charge in [-0.3, -0.25) is 0 Å². The van der Waals surface area contributed by atoms with Crippen LogP contribution in [0.2, 0.25) is 0 Å². The highest BCUT2D eigenvalue weighted by molar-refractivity contribution is 5.52. The Labute approximate surface area is 113 Å². The molecule has 0 unspecified atom stereocenters. The molecule has 1 heterocycles. The molecule has 1 aliphatic heterocycles. The van der Waals surface area contributed by atoms with E-state index in [2.05, 4.69) is 5.32 Å². The van der Waals surface area contributed by atoms with Gasteiger partial charge in [-0.2, -0.15) is 0 Å². The van der Waals surface area contributed by atoms with Gasteiger partial charge in [0, 0.05) is 17.5 Å². The van der Waals surface area contributed by atoms with Crippen molar-refractivity contribution in [2.75, 3.05) is 6.54 Å². The van der Waals surface area contributed by atoms with E-state index in [0.29, 0.717) is 12.0 Å². The van der Waals surface area contributed by atoms with Crippen molar-refractivity contribution in [3.63, 3.8) is 0 Å². The maximum atomic E-state index is 10.2. The van der Waals surface area contributed by atoms with Gasteiger partial charge >= 0.3 is 0 Å². The molecule has 3 aliphatic rings. The fraction of sp³-hybridized carbons (Fsp3) is 0.625. The molecule has 19 heavy (non-hydrogen) atoms. The van der Waals surface area contributed by atoms with Crippen LogP contribution in [0.4, 0.5) is 0 Å². The molecule has 0 radical (unpaired) electrons. The number of nitrogens with one attached hydrogen (secondary N) is 1. The van der Waals surface area contributed by atoms with Crippen LogP contribution in [0, 0.1) is 5.92 Å². The molecule has 1 saturated carbocycles. The van der Waals surface area contributed by atoms with E-state index in [9.17, 15) is 10.2 Å². The molecule has 0 aromatic heterocycles. The normalized spacial score (nSPS) is 36.4. The van der Waals surface area contributed by atoms with E-state index in [-0.39, 0.29) is 16.9 Å². The number of phenolic OH excluding ortho intramolecular Hbond substituents is 2. The predicted molar refractivity (Wildman–Crippen MR) is 73.5 cm³/mol. The summed E-state index contributed by atoms with van der Waals surface area (Å²) in [5.74, 6) is 1.18. The second kappa shape index (κ2) is 3.89. The number of hydrogen-bond acceptors (Lipinski definition) is 3. The number of aromatic hydroxyl groups is 2. The molecule has 1 saturated heterocycles. The Morgan fingerprint density at radius 3 is 2.95 bits per heavy atom. The molecule has 2 fully saturated rings. The molecule has 3 heteroatoms. The van der Waals surface area contributed by atoms with Crippen LogP contribution >= 0.6 is 0 Å². The largest absolute Gasteiger partial charge is 0.508 e. The Kier molecular flexibility index (Phi) is 2.37. The monoisotopic (exact) mass is 259 g/mol. The molecule has 102 valence electrons. The summed E-state index contributed by atoms with van der Waals surface area (Å²) in [5, 5.41) is 23.7. The lowest BCUT2D eigenvalue weighted by atomic mass is 9.52. The summed E-state index contributed by atoms with van der Waals surface area (Å²) < 4.78 is 0. The summed E-state index contributed by atoms with van der Waals surface area (Å²) in [7, 11) is 0. The molecule has 3 nitrogen and oxygen atoms in total. The minimum atomic E-state index is 0.206. The Morgan fingerprint density at radius 1 is 1.16 bits per heavy atom. The van der Waals surface area contributed by atoms with E-state index in [1.54, 1.807) is 0 Å². The van der Waals surface area contributed by atoms with Crippen molar-refractivity contribution in [3.05, 3.63) is 23.3 Å². The number of piperidine rings is 1. The fourth-order valence-corrected chi connectivity index (χ4v) is 4.99. The van der Waals surface area contributed by atoms with Crippen LogP contribution in [0.15, 0.2) is 12.1 Å². The summed E-state index contributed by atoms with van der Waals surface area (Å²) in [6.07, 6.45) is 7.15. The summed E-state index contributed by atoms with van der Waals surface area (Å²) in [6.45, 7) is 1.07. The highest BCUT2D eigenvalue weighted by Crippen LogP contribution is 2.55. The molecule has 1 aromatic carbocycles. The Hall–Kier alpha value is -1.22. The maximum Gasteiger partial charge on any atom is 0.122 e. The first-order valence-corrected chi connectivity index (χ1v) is 7.49. The van der Waals surface area contributed by atoms with Gasteiger partial charge in [-0.25, -0.2) is 0 Å². The van der Waals surface area contributed by atoms with E-state index in [1.165, 1.54) is 37.3 Å². The standard InChI is InChI=1S/C16H21NO2/c18-10-7-13-11(15(19)8-10)9-14-12-3-1-2-4-16(12,13)5-6-17-14/h7-8,12,14,17-19H,1-6,9H2/t12-,14+,16+/m0/s1. The smallest absolute Gasteiger partial charge is 0.122 e. The molecule has 3 N–H and O–H groups in total. The molecule has 2 bridgehead atoms. The van der Waals surface area contributed by atoms with E-state index in [4.69, 9.17) is 0 Å². The van der Waals surface area contributed by atoms with Crippen LogP contribution < -0.4 is 5.32 Å². The van der Waals surface area contributed by atoms with Crippen LogP contribution in [0.5, 0.6) is 11.5 Å². The quantitative estimate of drug-likeness (QED) is 0.671. The van der Waals surface area contributed by atoms with Crippen molar-refractivity contribution in [1.29, 1.82) is 0 Å². The van der Waals surface area contributed by atoms with Crippen LogP contribution in [-0.4, -0.2) is 22.8 Å². The number of benzene rings is 1. The molecular weight excluding hydrogens is 238 g/mol. The lowest BCUT2D eigenvalue weighted by molar-refractivity contribution is 0.0786. The first-order valence-electron chi connectivity index (χ1n) is 7.49. The van der Waals surface area contributed by atoms with Gasteiger partial charge in [0.2, 0.25) is 0 Å². The van der Waals surface area contributed by atoms with Crippen LogP contribution in [0.3, 0.4) is 0 Å². The van der Waals surface area contributed by atoms with Gasteiger partial charge in [0.1, 0.15) is 11.5 Å². The lowest BCUT2D eigenvalue weighted by Gasteiger charge is -2.56. The Morgan fingerprint density at radius 2 is 2.05 bits per heavy atom. The third-order valence-electron chi connectivity index (χ3n) is 5.73. The Balaban J connectivity index is 1.94. The molecule has 4 rings (SSSR count). The second-order valence-electron chi connectivity index (χ2n) is 6.51. The summed E-state index contributed by atoms with van der Waals surface area (Å²) in [5.41, 5.74) is 2.53. The average molecular weight is 259 g/mol. The van der Waals surface area contributed by atoms with Gasteiger partial charge in [-0.1, -0.05) is 12.8 Å². The van der Waals surface area contributed by atoms with Gasteiger partial charge in [0.25, 0.3) is 0 Å². The molecule has 3 atom stereocenters. The molecule has 0 spiro atoms. The van der Waals surface area contributed by atoms with E-state index in [1.807, 2.05) is 6.07 Å². The van der Waals surface area contributed by atoms with Crippen molar-refractivity contribution < 1.29 is 10.2 Å².